The highest BCUT2D eigenvalue weighted by molar-refractivity contribution is 7.81. The van der Waals surface area contributed by atoms with Gasteiger partial charge in [0.1, 0.15) is 0 Å². The first-order valence-electron chi connectivity index (χ1n) is 10.1. The zero-order valence-electron chi connectivity index (χ0n) is 17.6. The number of aliphatic hydroxyl groups is 1. The van der Waals surface area contributed by atoms with Crippen LogP contribution >= 0.6 is 11.3 Å². The highest BCUT2D eigenvalue weighted by atomic mass is 32.2. The largest absolute Gasteiger partial charge is 0.480 e. The molecule has 4 aromatic rings. The summed E-state index contributed by atoms with van der Waals surface area (Å²) in [5.41, 5.74) is 2.91. The number of carbonyl (C=O) groups is 2. The maximum absolute atomic E-state index is 12.3. The summed E-state index contributed by atoms with van der Waals surface area (Å²) in [6, 6.07) is 19.9. The van der Waals surface area contributed by atoms with E-state index in [1.165, 1.54) is 15.6 Å². The first-order chi connectivity index (χ1) is 16.4. The van der Waals surface area contributed by atoms with Gasteiger partial charge in [0.15, 0.2) is 6.04 Å². The van der Waals surface area contributed by atoms with Gasteiger partial charge in [-0.3, -0.25) is 9.35 Å². The van der Waals surface area contributed by atoms with Crippen molar-refractivity contribution in [1.29, 1.82) is 0 Å². The lowest BCUT2D eigenvalue weighted by molar-refractivity contribution is -0.140. The Labute approximate surface area is 201 Å². The Bertz CT molecular complexity index is 1370. The van der Waals surface area contributed by atoms with Crippen LogP contribution in [0.15, 0.2) is 78.2 Å². The Hall–Kier alpha value is -3.57. The number of anilines is 2. The molecule has 174 valence electrons. The van der Waals surface area contributed by atoms with Crippen LogP contribution in [0.5, 0.6) is 0 Å². The lowest BCUT2D eigenvalue weighted by Gasteiger charge is -2.20. The smallest absolute Gasteiger partial charge is 0.328 e. The van der Waals surface area contributed by atoms with Gasteiger partial charge in [0.05, 0.1) is 18.0 Å². The highest BCUT2D eigenvalue weighted by Crippen LogP contribution is 2.38. The number of carboxylic acid groups (broad SMARTS) is 1. The monoisotopic (exact) mass is 496 g/mol. The molecule has 0 aliphatic heterocycles. The molecule has 0 aliphatic carbocycles. The van der Waals surface area contributed by atoms with Crippen LogP contribution in [0.2, 0.25) is 0 Å². The van der Waals surface area contributed by atoms with E-state index in [0.717, 1.165) is 21.2 Å². The minimum Gasteiger partial charge on any atom is -0.480 e. The summed E-state index contributed by atoms with van der Waals surface area (Å²) in [5, 5.41) is 23.0. The average molecular weight is 497 g/mol. The third-order valence-electron chi connectivity index (χ3n) is 5.18. The second-order valence-electron chi connectivity index (χ2n) is 7.32. The fourth-order valence-electron chi connectivity index (χ4n) is 3.49. The normalized spacial score (nSPS) is 12.8. The summed E-state index contributed by atoms with van der Waals surface area (Å²) in [7, 11) is 0. The van der Waals surface area contributed by atoms with Crippen molar-refractivity contribution in [3.8, 4) is 11.1 Å². The Morgan fingerprint density at radius 1 is 1.00 bits per heavy atom. The molecule has 0 saturated heterocycles. The van der Waals surface area contributed by atoms with Crippen LogP contribution in [0, 0.1) is 0 Å². The maximum Gasteiger partial charge on any atom is 0.328 e. The Kier molecular flexibility index (Phi) is 7.03. The second-order valence-corrected chi connectivity index (χ2v) is 9.05. The van der Waals surface area contributed by atoms with Crippen LogP contribution in [0.3, 0.4) is 0 Å². The van der Waals surface area contributed by atoms with Gasteiger partial charge in [-0.25, -0.2) is 13.3 Å². The van der Waals surface area contributed by atoms with Crippen molar-refractivity contribution >= 4 is 55.9 Å². The van der Waals surface area contributed by atoms with E-state index in [-0.39, 0.29) is 5.56 Å². The van der Waals surface area contributed by atoms with E-state index in [2.05, 4.69) is 5.32 Å². The van der Waals surface area contributed by atoms with Gasteiger partial charge < -0.3 is 15.5 Å². The predicted molar refractivity (Wildman–Crippen MR) is 133 cm³/mol. The number of rotatable bonds is 8. The Morgan fingerprint density at radius 3 is 2.41 bits per heavy atom. The average Bonchev–Trinajstić information content (AvgIpc) is 3.26. The number of hydrogen-bond donors (Lipinski definition) is 4. The maximum atomic E-state index is 12.3. The number of fused-ring (bicyclic) bond motifs is 1. The molecule has 3 aromatic carbocycles. The molecule has 2 atom stereocenters. The number of nitrogens with one attached hydrogen (secondary N) is 1. The van der Waals surface area contributed by atoms with Crippen LogP contribution < -0.4 is 9.62 Å². The first kappa shape index (κ1) is 23.6. The quantitative estimate of drug-likeness (QED) is 0.273. The number of amides is 1. The van der Waals surface area contributed by atoms with Crippen molar-refractivity contribution in [2.45, 2.75) is 6.04 Å². The van der Waals surface area contributed by atoms with Gasteiger partial charge in [-0.15, -0.1) is 11.3 Å². The third-order valence-corrected chi connectivity index (χ3v) is 6.85. The number of benzene rings is 3. The number of carbonyl (C=O) groups excluding carboxylic acids is 1. The molecule has 1 amide bonds. The zero-order chi connectivity index (χ0) is 24.2. The topological polar surface area (TPSA) is 127 Å². The molecule has 0 fully saturated rings. The molecule has 4 rings (SSSR count). The minimum atomic E-state index is -2.31. The molecular formula is C24H20N2O6S2. The van der Waals surface area contributed by atoms with Crippen molar-refractivity contribution in [1.82, 2.24) is 5.32 Å². The van der Waals surface area contributed by atoms with E-state index >= 15 is 0 Å². The van der Waals surface area contributed by atoms with Crippen molar-refractivity contribution in [2.24, 2.45) is 0 Å². The summed E-state index contributed by atoms with van der Waals surface area (Å²) < 4.78 is 24.7. The summed E-state index contributed by atoms with van der Waals surface area (Å²) in [6.07, 6.45) is 0. The summed E-state index contributed by atoms with van der Waals surface area (Å²) in [4.78, 5) is 23.3. The van der Waals surface area contributed by atoms with Gasteiger partial charge in [0.2, 0.25) is 0 Å². The van der Waals surface area contributed by atoms with Gasteiger partial charge >= 0.3 is 5.97 Å². The summed E-state index contributed by atoms with van der Waals surface area (Å²) in [6.45, 7) is -0.714. The number of nitrogens with zero attached hydrogens (tertiary/aromatic N) is 1. The standard InChI is InChI=1S/C24H20N2O6S2/c27-13-20(24(29)30)25-23(28)16-10-8-15(9-11-16)17-4-3-5-18(12-17)26(34(31)32)21-14-33-22-7-2-1-6-19(21)22/h1-12,14,20,27H,13H2,(H,25,28)(H,29,30)(H,31,32). The van der Waals surface area contributed by atoms with Crippen LogP contribution in [0.4, 0.5) is 11.4 Å². The molecule has 4 N–H and O–H groups in total. The third kappa shape index (κ3) is 4.85. The van der Waals surface area contributed by atoms with E-state index in [1.54, 1.807) is 42.5 Å². The second kappa shape index (κ2) is 10.1. The SMILES string of the molecule is O=C(NC(CO)C(=O)O)c1ccc(-c2cccc(N(c3csc4ccccc34)S(=O)O)c2)cc1. The molecule has 10 heteroatoms. The number of hydrogen-bond acceptors (Lipinski definition) is 5. The molecule has 0 spiro atoms. The number of carboxylic acids is 1. The molecule has 1 heterocycles. The fraction of sp³-hybridized carbons (Fsp3) is 0.0833. The van der Waals surface area contributed by atoms with Crippen LogP contribution in [-0.4, -0.2) is 43.5 Å². The lowest BCUT2D eigenvalue weighted by atomic mass is 10.0. The van der Waals surface area contributed by atoms with Crippen molar-refractivity contribution < 1.29 is 28.6 Å². The van der Waals surface area contributed by atoms with Gasteiger partial charge in [-0.2, -0.15) is 0 Å². The fourth-order valence-corrected chi connectivity index (χ4v) is 5.10. The Balaban J connectivity index is 1.62. The van der Waals surface area contributed by atoms with E-state index in [9.17, 15) is 18.4 Å². The summed E-state index contributed by atoms with van der Waals surface area (Å²) >= 11 is -0.817. The first-order valence-corrected chi connectivity index (χ1v) is 12.1. The van der Waals surface area contributed by atoms with Gasteiger partial charge in [0, 0.05) is 21.0 Å². The van der Waals surface area contributed by atoms with Gasteiger partial charge in [-0.1, -0.05) is 42.5 Å². The van der Waals surface area contributed by atoms with Crippen molar-refractivity contribution in [3.63, 3.8) is 0 Å². The molecule has 0 aliphatic rings. The van der Waals surface area contributed by atoms with Gasteiger partial charge in [-0.05, 0) is 41.5 Å². The Morgan fingerprint density at radius 2 is 1.74 bits per heavy atom. The van der Waals surface area contributed by atoms with Crippen LogP contribution in [0.25, 0.3) is 21.2 Å². The zero-order valence-corrected chi connectivity index (χ0v) is 19.3. The number of aliphatic carboxylic acids is 1. The van der Waals surface area contributed by atoms with E-state index in [1.807, 2.05) is 35.7 Å². The van der Waals surface area contributed by atoms with Crippen LogP contribution in [0.1, 0.15) is 10.4 Å². The molecule has 34 heavy (non-hydrogen) atoms. The molecule has 0 bridgehead atoms. The number of aliphatic hydroxyl groups excluding tert-OH is 1. The van der Waals surface area contributed by atoms with E-state index < -0.39 is 35.8 Å². The van der Waals surface area contributed by atoms with Gasteiger partial charge in [0.25, 0.3) is 17.2 Å². The molecule has 2 unspecified atom stereocenters. The van der Waals surface area contributed by atoms with Crippen LogP contribution in [-0.2, 0) is 16.1 Å². The van der Waals surface area contributed by atoms with Crippen molar-refractivity contribution in [2.75, 3.05) is 10.9 Å². The highest BCUT2D eigenvalue weighted by Gasteiger charge is 2.21. The van der Waals surface area contributed by atoms with E-state index in [4.69, 9.17) is 10.2 Å². The molecule has 0 radical (unpaired) electrons. The van der Waals surface area contributed by atoms with E-state index in [0.29, 0.717) is 11.4 Å². The molecular weight excluding hydrogens is 476 g/mol. The minimum absolute atomic E-state index is 0.238. The number of thiophene rings is 1. The predicted octanol–water partition coefficient (Wildman–Crippen LogP) is 4.02. The summed E-state index contributed by atoms with van der Waals surface area (Å²) in [5.74, 6) is -1.94. The molecule has 0 saturated carbocycles. The lowest BCUT2D eigenvalue weighted by Crippen LogP contribution is -2.43. The molecule has 8 nitrogen and oxygen atoms in total. The molecule has 1 aromatic heterocycles. The van der Waals surface area contributed by atoms with Crippen molar-refractivity contribution in [3.05, 3.63) is 83.7 Å².